The summed E-state index contributed by atoms with van der Waals surface area (Å²) in [4.78, 5) is 3.90. The highest BCUT2D eigenvalue weighted by Crippen LogP contribution is 2.21. The predicted molar refractivity (Wildman–Crippen MR) is 76.5 cm³/mol. The summed E-state index contributed by atoms with van der Waals surface area (Å²) in [7, 11) is 0. The molecular weight excluding hydrogens is 306 g/mol. The van der Waals surface area contributed by atoms with E-state index in [0.29, 0.717) is 17.8 Å². The quantitative estimate of drug-likeness (QED) is 0.909. The molecule has 4 nitrogen and oxygen atoms in total. The van der Waals surface area contributed by atoms with Crippen molar-refractivity contribution >= 4 is 21.6 Å². The zero-order valence-corrected chi connectivity index (χ0v) is 11.6. The first-order valence-corrected chi connectivity index (χ1v) is 6.51. The third kappa shape index (κ3) is 3.53. The number of halogens is 1. The van der Waals surface area contributed by atoms with Crippen LogP contribution in [0, 0.1) is 11.3 Å². The maximum Gasteiger partial charge on any atom is 0.101 e. The molecule has 96 valence electrons. The standard InChI is InChI=1S/C14H12BrN3O/c15-12-1-2-13(11(7-12)8-16)18-9-14(19)10-3-5-17-6-4-10/h1-7,14,18-19H,9H2/t14-/m1/s1. The second kappa shape index (κ2) is 6.32. The minimum absolute atomic E-state index is 0.334. The van der Waals surface area contributed by atoms with Crippen LogP contribution in [0.4, 0.5) is 5.69 Å². The van der Waals surface area contributed by atoms with Gasteiger partial charge in [-0.3, -0.25) is 4.98 Å². The van der Waals surface area contributed by atoms with Crippen molar-refractivity contribution in [2.45, 2.75) is 6.10 Å². The summed E-state index contributed by atoms with van der Waals surface area (Å²) in [5.74, 6) is 0. The van der Waals surface area contributed by atoms with Crippen LogP contribution in [0.15, 0.2) is 47.2 Å². The summed E-state index contributed by atoms with van der Waals surface area (Å²) in [6, 6.07) is 11.0. The Morgan fingerprint density at radius 2 is 2.05 bits per heavy atom. The molecule has 0 fully saturated rings. The van der Waals surface area contributed by atoms with E-state index in [1.54, 1.807) is 30.6 Å². The van der Waals surface area contributed by atoms with E-state index in [9.17, 15) is 5.11 Å². The Hall–Kier alpha value is -1.90. The number of aromatic nitrogens is 1. The average molecular weight is 318 g/mol. The van der Waals surface area contributed by atoms with Crippen LogP contribution in [0.5, 0.6) is 0 Å². The van der Waals surface area contributed by atoms with Gasteiger partial charge < -0.3 is 10.4 Å². The Morgan fingerprint density at radius 3 is 2.74 bits per heavy atom. The van der Waals surface area contributed by atoms with Gasteiger partial charge in [0.25, 0.3) is 0 Å². The van der Waals surface area contributed by atoms with Gasteiger partial charge in [0, 0.05) is 23.4 Å². The van der Waals surface area contributed by atoms with Crippen molar-refractivity contribution in [2.75, 3.05) is 11.9 Å². The highest BCUT2D eigenvalue weighted by atomic mass is 79.9. The molecule has 0 radical (unpaired) electrons. The van der Waals surface area contributed by atoms with E-state index in [0.717, 1.165) is 10.0 Å². The number of hydrogen-bond acceptors (Lipinski definition) is 4. The zero-order chi connectivity index (χ0) is 13.7. The lowest BCUT2D eigenvalue weighted by atomic mass is 10.1. The van der Waals surface area contributed by atoms with Gasteiger partial charge in [-0.25, -0.2) is 0 Å². The summed E-state index contributed by atoms with van der Waals surface area (Å²) in [6.45, 7) is 0.334. The molecular formula is C14H12BrN3O. The topological polar surface area (TPSA) is 68.9 Å². The van der Waals surface area contributed by atoms with Crippen LogP contribution in [0.3, 0.4) is 0 Å². The van der Waals surface area contributed by atoms with Crippen LogP contribution in [0.2, 0.25) is 0 Å². The van der Waals surface area contributed by atoms with Crippen LogP contribution in [-0.4, -0.2) is 16.6 Å². The molecule has 1 heterocycles. The number of benzene rings is 1. The lowest BCUT2D eigenvalue weighted by Crippen LogP contribution is -2.12. The molecule has 5 heteroatoms. The fraction of sp³-hybridized carbons (Fsp3) is 0.143. The molecule has 2 rings (SSSR count). The van der Waals surface area contributed by atoms with Crippen LogP contribution < -0.4 is 5.32 Å². The fourth-order valence-electron chi connectivity index (χ4n) is 1.67. The van der Waals surface area contributed by atoms with Crippen molar-refractivity contribution in [1.82, 2.24) is 4.98 Å². The minimum atomic E-state index is -0.641. The monoisotopic (exact) mass is 317 g/mol. The van der Waals surface area contributed by atoms with Crippen molar-refractivity contribution in [3.05, 3.63) is 58.3 Å². The van der Waals surface area contributed by atoms with Crippen LogP contribution in [-0.2, 0) is 0 Å². The van der Waals surface area contributed by atoms with Gasteiger partial charge in [-0.15, -0.1) is 0 Å². The number of nitrogens with one attached hydrogen (secondary N) is 1. The molecule has 0 saturated heterocycles. The molecule has 0 bridgehead atoms. The third-order valence-corrected chi connectivity index (χ3v) is 3.17. The van der Waals surface area contributed by atoms with Crippen molar-refractivity contribution in [1.29, 1.82) is 5.26 Å². The van der Waals surface area contributed by atoms with Gasteiger partial charge in [0.15, 0.2) is 0 Å². The van der Waals surface area contributed by atoms with Gasteiger partial charge in [0.1, 0.15) is 6.07 Å². The highest BCUT2D eigenvalue weighted by molar-refractivity contribution is 9.10. The summed E-state index contributed by atoms with van der Waals surface area (Å²) in [6.07, 6.45) is 2.64. The smallest absolute Gasteiger partial charge is 0.101 e. The lowest BCUT2D eigenvalue weighted by molar-refractivity contribution is 0.191. The number of anilines is 1. The second-order valence-electron chi connectivity index (χ2n) is 3.98. The summed E-state index contributed by atoms with van der Waals surface area (Å²) in [5.41, 5.74) is 2.04. The molecule has 1 aromatic carbocycles. The van der Waals surface area contributed by atoms with Gasteiger partial charge in [-0.2, -0.15) is 5.26 Å². The van der Waals surface area contributed by atoms with E-state index in [2.05, 4.69) is 32.3 Å². The molecule has 0 aliphatic carbocycles. The largest absolute Gasteiger partial charge is 0.387 e. The Labute approximate surface area is 119 Å². The number of nitriles is 1. The van der Waals surface area contributed by atoms with Gasteiger partial charge in [0.05, 0.1) is 17.4 Å². The minimum Gasteiger partial charge on any atom is -0.387 e. The van der Waals surface area contributed by atoms with Gasteiger partial charge in [0.2, 0.25) is 0 Å². The summed E-state index contributed by atoms with van der Waals surface area (Å²) in [5, 5.41) is 22.1. The summed E-state index contributed by atoms with van der Waals surface area (Å²) < 4.78 is 0.851. The summed E-state index contributed by atoms with van der Waals surface area (Å²) >= 11 is 3.32. The van der Waals surface area contributed by atoms with Crippen molar-refractivity contribution in [3.63, 3.8) is 0 Å². The Balaban J connectivity index is 2.05. The maximum absolute atomic E-state index is 10.0. The molecule has 0 amide bonds. The Bertz CT molecular complexity index is 595. The number of hydrogen-bond donors (Lipinski definition) is 2. The van der Waals surface area contributed by atoms with E-state index < -0.39 is 6.10 Å². The number of aliphatic hydroxyl groups is 1. The molecule has 0 aliphatic rings. The molecule has 19 heavy (non-hydrogen) atoms. The Kier molecular flexibility index (Phi) is 4.50. The molecule has 2 N–H and O–H groups in total. The first kappa shape index (κ1) is 13.5. The van der Waals surface area contributed by atoms with Crippen LogP contribution in [0.25, 0.3) is 0 Å². The first-order chi connectivity index (χ1) is 9.20. The van der Waals surface area contributed by atoms with Gasteiger partial charge in [-0.05, 0) is 35.9 Å². The van der Waals surface area contributed by atoms with Gasteiger partial charge in [-0.1, -0.05) is 15.9 Å². The average Bonchev–Trinajstić information content (AvgIpc) is 2.46. The molecule has 1 aromatic heterocycles. The Morgan fingerprint density at radius 1 is 1.32 bits per heavy atom. The first-order valence-electron chi connectivity index (χ1n) is 5.72. The van der Waals surface area contributed by atoms with Crippen molar-refractivity contribution in [2.24, 2.45) is 0 Å². The number of pyridine rings is 1. The van der Waals surface area contributed by atoms with E-state index >= 15 is 0 Å². The number of aliphatic hydroxyl groups excluding tert-OH is 1. The molecule has 0 saturated carbocycles. The molecule has 1 atom stereocenters. The molecule has 2 aromatic rings. The highest BCUT2D eigenvalue weighted by Gasteiger charge is 2.08. The van der Waals surface area contributed by atoms with Crippen LogP contribution in [0.1, 0.15) is 17.2 Å². The lowest BCUT2D eigenvalue weighted by Gasteiger charge is -2.14. The maximum atomic E-state index is 10.0. The number of rotatable bonds is 4. The predicted octanol–water partition coefficient (Wildman–Crippen LogP) is 2.86. The third-order valence-electron chi connectivity index (χ3n) is 2.68. The van der Waals surface area contributed by atoms with Crippen molar-refractivity contribution < 1.29 is 5.11 Å². The van der Waals surface area contributed by atoms with E-state index in [4.69, 9.17) is 5.26 Å². The fourth-order valence-corrected chi connectivity index (χ4v) is 2.03. The van der Waals surface area contributed by atoms with E-state index in [1.807, 2.05) is 12.1 Å². The molecule has 0 unspecified atom stereocenters. The molecule has 0 aliphatic heterocycles. The van der Waals surface area contributed by atoms with Gasteiger partial charge >= 0.3 is 0 Å². The van der Waals surface area contributed by atoms with E-state index in [1.165, 1.54) is 0 Å². The SMILES string of the molecule is N#Cc1cc(Br)ccc1NC[C@@H](O)c1ccncc1. The van der Waals surface area contributed by atoms with Crippen LogP contribution >= 0.6 is 15.9 Å². The van der Waals surface area contributed by atoms with E-state index in [-0.39, 0.29) is 0 Å². The molecule has 0 spiro atoms. The normalized spacial score (nSPS) is 11.6. The zero-order valence-electron chi connectivity index (χ0n) is 10.0. The number of nitrogens with zero attached hydrogens (tertiary/aromatic N) is 2. The second-order valence-corrected chi connectivity index (χ2v) is 4.89. The van der Waals surface area contributed by atoms with Crippen molar-refractivity contribution in [3.8, 4) is 6.07 Å².